The van der Waals surface area contributed by atoms with Crippen molar-refractivity contribution in [2.45, 2.75) is 54.0 Å². The molecule has 84 valence electrons. The van der Waals surface area contributed by atoms with Gasteiger partial charge >= 0.3 is 0 Å². The highest BCUT2D eigenvalue weighted by Crippen LogP contribution is 2.20. The molecule has 14 heavy (non-hydrogen) atoms. The number of carbonyl (C=O) groups excluding carboxylic acids is 1. The SMILES string of the molecule is CCC(C)N(CC)CC(C)(C)C(C)=O. The maximum absolute atomic E-state index is 11.4. The van der Waals surface area contributed by atoms with E-state index in [0.29, 0.717) is 6.04 Å². The van der Waals surface area contributed by atoms with Crippen molar-refractivity contribution < 1.29 is 4.79 Å². The zero-order valence-corrected chi connectivity index (χ0v) is 10.6. The fourth-order valence-electron chi connectivity index (χ4n) is 1.46. The number of ketones is 1. The summed E-state index contributed by atoms with van der Waals surface area (Å²) in [5, 5.41) is 0. The Morgan fingerprint density at radius 1 is 1.36 bits per heavy atom. The second kappa shape index (κ2) is 5.50. The van der Waals surface area contributed by atoms with Gasteiger partial charge in [-0.05, 0) is 26.8 Å². The predicted octanol–water partition coefficient (Wildman–Crippen LogP) is 2.72. The van der Waals surface area contributed by atoms with Crippen molar-refractivity contribution in [2.75, 3.05) is 13.1 Å². The molecule has 1 unspecified atom stereocenters. The molecule has 0 saturated carbocycles. The van der Waals surface area contributed by atoms with Gasteiger partial charge in [-0.2, -0.15) is 0 Å². The third-order valence-corrected chi connectivity index (χ3v) is 3.17. The molecule has 0 saturated heterocycles. The van der Waals surface area contributed by atoms with Crippen molar-refractivity contribution >= 4 is 5.78 Å². The minimum absolute atomic E-state index is 0.209. The lowest BCUT2D eigenvalue weighted by Crippen LogP contribution is -2.42. The van der Waals surface area contributed by atoms with Crippen LogP contribution >= 0.6 is 0 Å². The van der Waals surface area contributed by atoms with E-state index in [1.54, 1.807) is 6.92 Å². The number of rotatable bonds is 6. The zero-order valence-electron chi connectivity index (χ0n) is 10.6. The second-order valence-electron chi connectivity index (χ2n) is 4.76. The Bertz CT molecular complexity index is 187. The molecular weight excluding hydrogens is 174 g/mol. The molecule has 1 atom stereocenters. The number of carbonyl (C=O) groups is 1. The van der Waals surface area contributed by atoms with Crippen LogP contribution in [0.4, 0.5) is 0 Å². The topological polar surface area (TPSA) is 20.3 Å². The Kier molecular flexibility index (Phi) is 5.35. The van der Waals surface area contributed by atoms with Gasteiger partial charge in [0.2, 0.25) is 0 Å². The van der Waals surface area contributed by atoms with Crippen LogP contribution in [0.5, 0.6) is 0 Å². The minimum Gasteiger partial charge on any atom is -0.300 e. The van der Waals surface area contributed by atoms with Gasteiger partial charge in [-0.3, -0.25) is 9.69 Å². The van der Waals surface area contributed by atoms with E-state index in [4.69, 9.17) is 0 Å². The molecule has 2 heteroatoms. The number of hydrogen-bond acceptors (Lipinski definition) is 2. The van der Waals surface area contributed by atoms with Crippen LogP contribution in [-0.4, -0.2) is 29.8 Å². The first-order valence-corrected chi connectivity index (χ1v) is 5.60. The van der Waals surface area contributed by atoms with Crippen molar-refractivity contribution in [3.63, 3.8) is 0 Å². The highest BCUT2D eigenvalue weighted by atomic mass is 16.1. The van der Waals surface area contributed by atoms with Crippen LogP contribution in [0.3, 0.4) is 0 Å². The molecule has 0 aromatic rings. The molecule has 0 bridgehead atoms. The third-order valence-electron chi connectivity index (χ3n) is 3.17. The fourth-order valence-corrected chi connectivity index (χ4v) is 1.46. The molecule has 0 heterocycles. The Balaban J connectivity index is 4.38. The first-order valence-electron chi connectivity index (χ1n) is 5.60. The molecule has 0 radical (unpaired) electrons. The molecule has 2 nitrogen and oxygen atoms in total. The Morgan fingerprint density at radius 3 is 2.14 bits per heavy atom. The van der Waals surface area contributed by atoms with Crippen molar-refractivity contribution in [3.8, 4) is 0 Å². The largest absolute Gasteiger partial charge is 0.300 e. The average molecular weight is 199 g/mol. The quantitative estimate of drug-likeness (QED) is 0.655. The molecule has 0 amide bonds. The Hall–Kier alpha value is -0.370. The minimum atomic E-state index is -0.209. The number of Topliss-reactive ketones (excluding diaryl/α,β-unsaturated/α-hetero) is 1. The Morgan fingerprint density at radius 2 is 1.86 bits per heavy atom. The van der Waals surface area contributed by atoms with Gasteiger partial charge < -0.3 is 0 Å². The highest BCUT2D eigenvalue weighted by molar-refractivity contribution is 5.81. The van der Waals surface area contributed by atoms with Crippen LogP contribution < -0.4 is 0 Å². The van der Waals surface area contributed by atoms with Crippen LogP contribution in [0.25, 0.3) is 0 Å². The van der Waals surface area contributed by atoms with E-state index in [-0.39, 0.29) is 11.2 Å². The molecule has 0 fully saturated rings. The first-order chi connectivity index (χ1) is 6.35. The summed E-state index contributed by atoms with van der Waals surface area (Å²) in [6.45, 7) is 14.2. The monoisotopic (exact) mass is 199 g/mol. The number of hydrogen-bond donors (Lipinski definition) is 0. The summed E-state index contributed by atoms with van der Waals surface area (Å²) in [6, 6.07) is 0.568. The highest BCUT2D eigenvalue weighted by Gasteiger charge is 2.27. The van der Waals surface area contributed by atoms with Crippen molar-refractivity contribution in [3.05, 3.63) is 0 Å². The molecule has 0 aliphatic carbocycles. The van der Waals surface area contributed by atoms with Gasteiger partial charge in [-0.1, -0.05) is 27.7 Å². The average Bonchev–Trinajstić information content (AvgIpc) is 2.12. The van der Waals surface area contributed by atoms with Gasteiger partial charge in [0.25, 0.3) is 0 Å². The van der Waals surface area contributed by atoms with Crippen molar-refractivity contribution in [2.24, 2.45) is 5.41 Å². The predicted molar refractivity (Wildman–Crippen MR) is 61.5 cm³/mol. The van der Waals surface area contributed by atoms with Gasteiger partial charge in [-0.15, -0.1) is 0 Å². The summed E-state index contributed by atoms with van der Waals surface area (Å²) in [7, 11) is 0. The molecule has 0 N–H and O–H groups in total. The van der Waals surface area contributed by atoms with E-state index in [2.05, 4.69) is 25.7 Å². The van der Waals surface area contributed by atoms with Crippen LogP contribution in [0, 0.1) is 5.41 Å². The summed E-state index contributed by atoms with van der Waals surface area (Å²) >= 11 is 0. The first kappa shape index (κ1) is 13.6. The van der Waals surface area contributed by atoms with Crippen molar-refractivity contribution in [1.29, 1.82) is 0 Å². The zero-order chi connectivity index (χ0) is 11.4. The lowest BCUT2D eigenvalue weighted by molar-refractivity contribution is -0.126. The lowest BCUT2D eigenvalue weighted by Gasteiger charge is -2.34. The van der Waals surface area contributed by atoms with E-state index in [1.165, 1.54) is 0 Å². The molecule has 0 spiro atoms. The molecule has 0 aromatic heterocycles. The van der Waals surface area contributed by atoms with Crippen LogP contribution in [0.15, 0.2) is 0 Å². The van der Waals surface area contributed by atoms with Crippen LogP contribution in [0.1, 0.15) is 48.0 Å². The Labute approximate surface area is 88.7 Å². The van der Waals surface area contributed by atoms with E-state index in [1.807, 2.05) is 13.8 Å². The summed E-state index contributed by atoms with van der Waals surface area (Å²) in [5.41, 5.74) is -0.209. The lowest BCUT2D eigenvalue weighted by atomic mass is 9.88. The van der Waals surface area contributed by atoms with E-state index in [9.17, 15) is 4.79 Å². The van der Waals surface area contributed by atoms with Gasteiger partial charge in [0.15, 0.2) is 0 Å². The maximum Gasteiger partial charge on any atom is 0.136 e. The maximum atomic E-state index is 11.4. The summed E-state index contributed by atoms with van der Waals surface area (Å²) < 4.78 is 0. The van der Waals surface area contributed by atoms with E-state index >= 15 is 0 Å². The smallest absolute Gasteiger partial charge is 0.136 e. The van der Waals surface area contributed by atoms with Gasteiger partial charge in [0.05, 0.1) is 0 Å². The third kappa shape index (κ3) is 3.79. The van der Waals surface area contributed by atoms with Crippen molar-refractivity contribution in [1.82, 2.24) is 4.90 Å². The standard InChI is InChI=1S/C12H25NO/c1-7-10(3)13(8-2)9-12(5,6)11(4)14/h10H,7-9H2,1-6H3. The molecule has 0 aliphatic heterocycles. The number of nitrogens with zero attached hydrogens (tertiary/aromatic N) is 1. The summed E-state index contributed by atoms with van der Waals surface area (Å²) in [5.74, 6) is 0.277. The summed E-state index contributed by atoms with van der Waals surface area (Å²) in [6.07, 6.45) is 1.14. The molecule has 0 aliphatic rings. The normalized spacial score (nSPS) is 14.5. The molecular formula is C12H25NO. The van der Waals surface area contributed by atoms with Gasteiger partial charge in [0.1, 0.15) is 5.78 Å². The second-order valence-corrected chi connectivity index (χ2v) is 4.76. The molecule has 0 aromatic carbocycles. The van der Waals surface area contributed by atoms with Gasteiger partial charge in [-0.25, -0.2) is 0 Å². The fraction of sp³-hybridized carbons (Fsp3) is 0.917. The molecule has 0 rings (SSSR count). The van der Waals surface area contributed by atoms with Crippen LogP contribution in [-0.2, 0) is 4.79 Å². The van der Waals surface area contributed by atoms with E-state index in [0.717, 1.165) is 19.5 Å². The van der Waals surface area contributed by atoms with E-state index < -0.39 is 0 Å². The van der Waals surface area contributed by atoms with Gasteiger partial charge in [0, 0.05) is 18.0 Å². The summed E-state index contributed by atoms with van der Waals surface area (Å²) in [4.78, 5) is 13.8. The van der Waals surface area contributed by atoms with Crippen LogP contribution in [0.2, 0.25) is 0 Å².